The largest absolute Gasteiger partial charge is 0.494 e. The number of benzene rings is 4. The number of aliphatic hydroxyl groups is 2. The van der Waals surface area contributed by atoms with Crippen LogP contribution in [-0.4, -0.2) is 82.5 Å². The van der Waals surface area contributed by atoms with Gasteiger partial charge < -0.3 is 19.5 Å². The van der Waals surface area contributed by atoms with Crippen LogP contribution in [0.15, 0.2) is 106 Å². The van der Waals surface area contributed by atoms with Crippen LogP contribution < -0.4 is 5.46 Å². The zero-order valence-corrected chi connectivity index (χ0v) is 39.6. The van der Waals surface area contributed by atoms with Crippen molar-refractivity contribution >= 4 is 116 Å². The Morgan fingerprint density at radius 1 is 0.804 bits per heavy atom. The van der Waals surface area contributed by atoms with Gasteiger partial charge in [0.25, 0.3) is 0 Å². The lowest BCUT2D eigenvalue weighted by atomic mass is 9.78. The van der Waals surface area contributed by atoms with E-state index in [-0.39, 0.29) is 27.7 Å². The molecule has 4 aromatic carbocycles. The number of thioether (sulfide) groups is 2. The van der Waals surface area contributed by atoms with Crippen molar-refractivity contribution in [2.45, 2.75) is 71.2 Å². The number of hydrogen-bond donors (Lipinski definition) is 2. The van der Waals surface area contributed by atoms with Crippen molar-refractivity contribution in [2.75, 3.05) is 24.5 Å². The monoisotopic (exact) mass is 1030 g/mol. The first kappa shape index (κ1) is 48.5. The van der Waals surface area contributed by atoms with E-state index in [9.17, 15) is 31.5 Å². The summed E-state index contributed by atoms with van der Waals surface area (Å²) in [6, 6.07) is 20.9. The van der Waals surface area contributed by atoms with Crippen molar-refractivity contribution in [3.05, 3.63) is 108 Å². The molecule has 2 aliphatic heterocycles. The van der Waals surface area contributed by atoms with E-state index >= 15 is 0 Å². The zero-order chi connectivity index (χ0) is 42.2. The molecule has 0 amide bonds. The minimum atomic E-state index is -3.43. The van der Waals surface area contributed by atoms with Crippen molar-refractivity contribution in [3.63, 3.8) is 0 Å². The van der Waals surface area contributed by atoms with Gasteiger partial charge >= 0.3 is 7.12 Å². The van der Waals surface area contributed by atoms with E-state index in [1.165, 1.54) is 12.1 Å². The Morgan fingerprint density at radius 3 is 1.80 bits per heavy atom. The maximum atomic E-state index is 12.0. The van der Waals surface area contributed by atoms with E-state index < -0.39 is 44.1 Å². The summed E-state index contributed by atoms with van der Waals surface area (Å²) in [5.74, 6) is -0.255. The second-order valence-corrected chi connectivity index (χ2v) is 21.8. The molecule has 1 atom stereocenters. The molecule has 0 spiro atoms. The van der Waals surface area contributed by atoms with Crippen molar-refractivity contribution in [3.8, 4) is 0 Å². The predicted octanol–water partition coefficient (Wildman–Crippen LogP) is 8.12. The van der Waals surface area contributed by atoms with Crippen LogP contribution in [0.2, 0.25) is 0 Å². The fourth-order valence-corrected chi connectivity index (χ4v) is 10.5. The van der Waals surface area contributed by atoms with E-state index in [0.717, 1.165) is 42.4 Å². The topological polar surface area (TPSA) is 161 Å². The van der Waals surface area contributed by atoms with Gasteiger partial charge in [0.1, 0.15) is 0 Å². The third-order valence-electron chi connectivity index (χ3n) is 8.88. The fourth-order valence-electron chi connectivity index (χ4n) is 5.17. The van der Waals surface area contributed by atoms with Gasteiger partial charge in [-0.05, 0) is 106 Å². The highest BCUT2D eigenvalue weighted by Crippen LogP contribution is 2.38. The first-order valence-corrected chi connectivity index (χ1v) is 25.0. The number of aliphatic hydroxyl groups excluding tert-OH is 2. The quantitative estimate of drug-likeness (QED) is 0.104. The molecule has 56 heavy (non-hydrogen) atoms. The van der Waals surface area contributed by atoms with Gasteiger partial charge in [0.05, 0.1) is 39.5 Å². The van der Waals surface area contributed by atoms with E-state index in [0.29, 0.717) is 21.8 Å². The number of rotatable bonds is 7. The average molecular weight is 1040 g/mol. The van der Waals surface area contributed by atoms with Crippen molar-refractivity contribution in [2.24, 2.45) is 0 Å². The standard InChI is InChI=1S/C14H19BO5S.C8H7BrO3S.C8H9BrOS.C8H7BrOS/c1-13(2)14(3,4)20-15(19-13)9-5-6-10-11(16)8-21(17,18)12(10)7-9;1-13(11,12)8-4-7(9)3-2-6(8)5-10;2*1-11-8-4-7(9)3-2-6(8)5-10/h5-7,11,16H,8H2,1-4H3;2-5H,1H3;2-4,10H,5H2,1H3;2-5H,1H3. The van der Waals surface area contributed by atoms with Gasteiger partial charge in [-0.2, -0.15) is 0 Å². The molecule has 0 aromatic heterocycles. The van der Waals surface area contributed by atoms with Gasteiger partial charge in [-0.15, -0.1) is 23.5 Å². The second kappa shape index (κ2) is 20.4. The smallest absolute Gasteiger partial charge is 0.399 e. The SMILES string of the molecule is CC1(C)OB(c2ccc3c(c2)S(=O)(=O)CC3O)OC1(C)C.CS(=O)(=O)c1cc(Br)ccc1C=O.CSc1cc(Br)ccc1C=O.CSc1cc(Br)ccc1CO. The third kappa shape index (κ3) is 12.6. The van der Waals surface area contributed by atoms with Crippen LogP contribution in [0.5, 0.6) is 0 Å². The molecule has 302 valence electrons. The Kier molecular flexibility index (Phi) is 17.7. The lowest BCUT2D eigenvalue weighted by molar-refractivity contribution is 0.00578. The Morgan fingerprint density at radius 2 is 1.30 bits per heavy atom. The molecular weight excluding hydrogens is 995 g/mol. The molecule has 10 nitrogen and oxygen atoms in total. The summed E-state index contributed by atoms with van der Waals surface area (Å²) in [5.41, 5.74) is 2.08. The lowest BCUT2D eigenvalue weighted by Crippen LogP contribution is -2.41. The molecule has 0 radical (unpaired) electrons. The van der Waals surface area contributed by atoms with Gasteiger partial charge in [0.15, 0.2) is 32.2 Å². The first-order chi connectivity index (χ1) is 26.0. The van der Waals surface area contributed by atoms with Gasteiger partial charge in [0, 0.05) is 46.2 Å². The van der Waals surface area contributed by atoms with Crippen LogP contribution in [0, 0.1) is 0 Å². The summed E-state index contributed by atoms with van der Waals surface area (Å²) in [6.45, 7) is 7.90. The molecule has 2 aliphatic rings. The van der Waals surface area contributed by atoms with Crippen LogP contribution in [-0.2, 0) is 35.6 Å². The predicted molar refractivity (Wildman–Crippen MR) is 235 cm³/mol. The second-order valence-electron chi connectivity index (χ2n) is 13.4. The number of hydrogen-bond acceptors (Lipinski definition) is 12. The number of sulfone groups is 2. The molecule has 4 aromatic rings. The number of fused-ring (bicyclic) bond motifs is 1. The highest BCUT2D eigenvalue weighted by Gasteiger charge is 2.52. The Balaban J connectivity index is 0.000000210. The Hall–Kier alpha value is -1.84. The van der Waals surface area contributed by atoms with Crippen LogP contribution in [0.1, 0.15) is 65.6 Å². The molecule has 1 saturated heterocycles. The Labute approximate surface area is 363 Å². The fraction of sp³-hybridized carbons (Fsp3) is 0.316. The molecule has 2 heterocycles. The maximum absolute atomic E-state index is 12.0. The summed E-state index contributed by atoms with van der Waals surface area (Å²) in [6.07, 6.45) is 5.48. The molecule has 1 fully saturated rings. The van der Waals surface area contributed by atoms with Gasteiger partial charge in [-0.25, -0.2) is 16.8 Å². The summed E-state index contributed by atoms with van der Waals surface area (Å²) in [4.78, 5) is 23.3. The number of halogens is 3. The van der Waals surface area contributed by atoms with Crippen molar-refractivity contribution < 1.29 is 45.9 Å². The van der Waals surface area contributed by atoms with Gasteiger partial charge in [0.2, 0.25) is 0 Å². The molecule has 6 rings (SSSR count). The zero-order valence-electron chi connectivity index (χ0n) is 31.6. The van der Waals surface area contributed by atoms with Crippen LogP contribution >= 0.6 is 71.3 Å². The minimum Gasteiger partial charge on any atom is -0.399 e. The highest BCUT2D eigenvalue weighted by molar-refractivity contribution is 9.11. The summed E-state index contributed by atoms with van der Waals surface area (Å²) in [7, 11) is -7.36. The summed E-state index contributed by atoms with van der Waals surface area (Å²) >= 11 is 13.1. The lowest BCUT2D eigenvalue weighted by Gasteiger charge is -2.32. The summed E-state index contributed by atoms with van der Waals surface area (Å²) < 4.78 is 61.0. The number of aldehydes is 2. The highest BCUT2D eigenvalue weighted by atomic mass is 79.9. The molecule has 0 saturated carbocycles. The number of carbonyl (C=O) groups excluding carboxylic acids is 2. The van der Waals surface area contributed by atoms with E-state index in [2.05, 4.69) is 47.8 Å². The molecule has 0 bridgehead atoms. The van der Waals surface area contributed by atoms with Crippen LogP contribution in [0.4, 0.5) is 0 Å². The van der Waals surface area contributed by atoms with Gasteiger partial charge in [-0.1, -0.05) is 66.0 Å². The third-order valence-corrected chi connectivity index (χ3v) is 14.9. The number of carbonyl (C=O) groups is 2. The van der Waals surface area contributed by atoms with Crippen molar-refractivity contribution in [1.29, 1.82) is 0 Å². The maximum Gasteiger partial charge on any atom is 0.494 e. The average Bonchev–Trinajstić information content (AvgIpc) is 3.51. The first-order valence-electron chi connectivity index (χ1n) is 16.6. The molecule has 2 N–H and O–H groups in total. The van der Waals surface area contributed by atoms with E-state index in [1.807, 2.05) is 76.6 Å². The van der Waals surface area contributed by atoms with Crippen LogP contribution in [0.25, 0.3) is 0 Å². The molecule has 18 heteroatoms. The Bertz CT molecular complexity index is 2250. The van der Waals surface area contributed by atoms with Crippen molar-refractivity contribution in [1.82, 2.24) is 0 Å². The van der Waals surface area contributed by atoms with E-state index in [4.69, 9.17) is 14.4 Å². The minimum absolute atomic E-state index is 0.0527. The van der Waals surface area contributed by atoms with Crippen LogP contribution in [0.3, 0.4) is 0 Å². The molecule has 1 unspecified atom stereocenters. The molecule has 0 aliphatic carbocycles. The molecular formula is C38H42BBr3O10S4. The van der Waals surface area contributed by atoms with E-state index in [1.54, 1.807) is 47.8 Å². The summed E-state index contributed by atoms with van der Waals surface area (Å²) in [5, 5.41) is 18.7. The van der Waals surface area contributed by atoms with Gasteiger partial charge in [-0.3, -0.25) is 9.59 Å². The normalized spacial score (nSPS) is 17.2.